The van der Waals surface area contributed by atoms with Gasteiger partial charge in [-0.25, -0.2) is 8.42 Å². The minimum absolute atomic E-state index is 0.0550. The molecule has 0 saturated heterocycles. The molecule has 0 atom stereocenters. The monoisotopic (exact) mass is 473 g/mol. The Balaban J connectivity index is 2.09. The third-order valence-corrected chi connectivity index (χ3v) is 7.01. The van der Waals surface area contributed by atoms with Gasteiger partial charge in [0.1, 0.15) is 5.69 Å². The molecule has 0 bridgehead atoms. The summed E-state index contributed by atoms with van der Waals surface area (Å²) in [6, 6.07) is 4.80. The van der Waals surface area contributed by atoms with Gasteiger partial charge < -0.3 is 9.30 Å². The number of nitrogens with zero attached hydrogens (tertiary/aromatic N) is 5. The Morgan fingerprint density at radius 1 is 1.06 bits per heavy atom. The van der Waals surface area contributed by atoms with Gasteiger partial charge in [0.2, 0.25) is 5.56 Å². The number of hydrogen-bond donors (Lipinski definition) is 0. The predicted molar refractivity (Wildman–Crippen MR) is 127 cm³/mol. The third-order valence-electron chi connectivity index (χ3n) is 5.37. The first-order valence-corrected chi connectivity index (χ1v) is 13.0. The summed E-state index contributed by atoms with van der Waals surface area (Å²) >= 11 is 0. The fourth-order valence-electron chi connectivity index (χ4n) is 3.58. The van der Waals surface area contributed by atoms with Crippen molar-refractivity contribution >= 4 is 9.84 Å². The Bertz CT molecular complexity index is 1290. The molecule has 0 N–H and O–H groups in total. The van der Waals surface area contributed by atoms with E-state index in [1.165, 1.54) is 10.6 Å². The Morgan fingerprint density at radius 2 is 1.82 bits per heavy atom. The lowest BCUT2D eigenvalue weighted by Gasteiger charge is -2.11. The maximum atomic E-state index is 12.6. The molecular formula is C23H31N5O4S. The topological polar surface area (TPSA) is 109 Å². The van der Waals surface area contributed by atoms with Gasteiger partial charge in [0, 0.05) is 31.9 Å². The molecule has 0 saturated carbocycles. The van der Waals surface area contributed by atoms with Crippen LogP contribution in [0.15, 0.2) is 29.2 Å². The van der Waals surface area contributed by atoms with Crippen LogP contribution >= 0.6 is 0 Å². The first-order chi connectivity index (χ1) is 15.7. The zero-order valence-electron chi connectivity index (χ0n) is 19.8. The van der Waals surface area contributed by atoms with Crippen molar-refractivity contribution in [1.82, 2.24) is 24.3 Å². The van der Waals surface area contributed by atoms with Crippen molar-refractivity contribution in [2.75, 3.05) is 5.75 Å². The van der Waals surface area contributed by atoms with Gasteiger partial charge in [0.25, 0.3) is 0 Å². The highest BCUT2D eigenvalue weighted by Crippen LogP contribution is 2.30. The summed E-state index contributed by atoms with van der Waals surface area (Å²) in [6.07, 6.45) is 4.42. The van der Waals surface area contributed by atoms with Crippen LogP contribution in [0, 0.1) is 0 Å². The molecule has 0 aliphatic carbocycles. The quantitative estimate of drug-likeness (QED) is 0.445. The Labute approximate surface area is 194 Å². The van der Waals surface area contributed by atoms with E-state index in [-0.39, 0.29) is 23.1 Å². The van der Waals surface area contributed by atoms with Crippen molar-refractivity contribution in [3.05, 3.63) is 51.8 Å². The van der Waals surface area contributed by atoms with Crippen LogP contribution in [0.1, 0.15) is 50.7 Å². The Hall–Kier alpha value is -3.01. The highest BCUT2D eigenvalue weighted by Gasteiger charge is 2.20. The van der Waals surface area contributed by atoms with Crippen molar-refractivity contribution in [1.29, 1.82) is 0 Å². The summed E-state index contributed by atoms with van der Waals surface area (Å²) in [4.78, 5) is 20.8. The number of hydrogen-bond acceptors (Lipinski definition) is 7. The molecule has 0 unspecified atom stereocenters. The molecule has 178 valence electrons. The van der Waals surface area contributed by atoms with Gasteiger partial charge >= 0.3 is 6.01 Å². The number of aromatic nitrogens is 5. The van der Waals surface area contributed by atoms with E-state index in [0.29, 0.717) is 42.0 Å². The largest absolute Gasteiger partial charge is 0.420 e. The number of pyridine rings is 1. The normalized spacial score (nSPS) is 11.7. The zero-order chi connectivity index (χ0) is 24.2. The van der Waals surface area contributed by atoms with Crippen molar-refractivity contribution in [2.45, 2.75) is 52.2 Å². The maximum Gasteiger partial charge on any atom is 0.322 e. The molecule has 0 amide bonds. The molecular weight excluding hydrogens is 442 g/mol. The molecule has 3 rings (SSSR count). The van der Waals surface area contributed by atoms with Crippen LogP contribution in [0.25, 0.3) is 11.3 Å². The van der Waals surface area contributed by atoms with Crippen molar-refractivity contribution in [3.8, 4) is 23.0 Å². The standard InChI is InChI=1S/C23H31N5O4S/c1-6-9-12-33(30,31)15-17-13-19(16-10-11-21(29)27(4)14-16)25-23(24-17)32-22-18(7-2)26-28(5)20(22)8-3/h10-11,13-14H,6-9,12,15H2,1-5H3. The number of unbranched alkanes of at least 4 members (excludes halogenated alkanes) is 1. The second kappa shape index (κ2) is 10.3. The second-order valence-corrected chi connectivity index (χ2v) is 10.2. The maximum absolute atomic E-state index is 12.6. The van der Waals surface area contributed by atoms with Crippen LogP contribution in [-0.2, 0) is 42.5 Å². The Kier molecular flexibility index (Phi) is 7.68. The van der Waals surface area contributed by atoms with Gasteiger partial charge in [-0.1, -0.05) is 27.2 Å². The van der Waals surface area contributed by atoms with E-state index in [1.807, 2.05) is 27.8 Å². The van der Waals surface area contributed by atoms with Crippen molar-refractivity contribution in [3.63, 3.8) is 0 Å². The van der Waals surface area contributed by atoms with Gasteiger partial charge in [-0.15, -0.1) is 0 Å². The van der Waals surface area contributed by atoms with Gasteiger partial charge in [-0.3, -0.25) is 9.48 Å². The smallest absolute Gasteiger partial charge is 0.322 e. The van der Waals surface area contributed by atoms with Crippen LogP contribution in [0.4, 0.5) is 0 Å². The van der Waals surface area contributed by atoms with Gasteiger partial charge in [0.15, 0.2) is 15.6 Å². The number of ether oxygens (including phenoxy) is 1. The fraction of sp³-hybridized carbons (Fsp3) is 0.478. The molecule has 0 aromatic carbocycles. The van der Waals surface area contributed by atoms with Crippen LogP contribution in [0.3, 0.4) is 0 Å². The van der Waals surface area contributed by atoms with Crippen LogP contribution < -0.4 is 10.3 Å². The summed E-state index contributed by atoms with van der Waals surface area (Å²) in [7, 11) is 0.170. The lowest BCUT2D eigenvalue weighted by Crippen LogP contribution is -2.14. The van der Waals surface area contributed by atoms with Gasteiger partial charge in [-0.05, 0) is 31.4 Å². The van der Waals surface area contributed by atoms with Gasteiger partial charge in [0.05, 0.1) is 28.6 Å². The third kappa shape index (κ3) is 5.87. The highest BCUT2D eigenvalue weighted by atomic mass is 32.2. The summed E-state index contributed by atoms with van der Waals surface area (Å²) in [5.41, 5.74) is 3.02. The van der Waals surface area contributed by atoms with Crippen LogP contribution in [0.5, 0.6) is 11.8 Å². The molecule has 0 radical (unpaired) electrons. The molecule has 0 spiro atoms. The molecule has 33 heavy (non-hydrogen) atoms. The summed E-state index contributed by atoms with van der Waals surface area (Å²) in [6.45, 7) is 5.95. The lowest BCUT2D eigenvalue weighted by atomic mass is 10.2. The van der Waals surface area contributed by atoms with Crippen LogP contribution in [0.2, 0.25) is 0 Å². The van der Waals surface area contributed by atoms with Crippen molar-refractivity contribution in [2.24, 2.45) is 14.1 Å². The van der Waals surface area contributed by atoms with E-state index in [9.17, 15) is 13.2 Å². The van der Waals surface area contributed by atoms with E-state index in [1.54, 1.807) is 30.1 Å². The van der Waals surface area contributed by atoms with E-state index < -0.39 is 9.84 Å². The average Bonchev–Trinajstić information content (AvgIpc) is 3.07. The summed E-state index contributed by atoms with van der Waals surface area (Å²) in [5.74, 6) is 0.486. The Morgan fingerprint density at radius 3 is 2.45 bits per heavy atom. The molecule has 3 aromatic rings. The number of rotatable bonds is 10. The SMILES string of the molecule is CCCCS(=O)(=O)Cc1cc(-c2ccc(=O)n(C)c2)nc(Oc2c(CC)nn(C)c2CC)n1. The molecule has 0 fully saturated rings. The predicted octanol–water partition coefficient (Wildman–Crippen LogP) is 3.21. The van der Waals surface area contributed by atoms with E-state index in [0.717, 1.165) is 17.8 Å². The summed E-state index contributed by atoms with van der Waals surface area (Å²) in [5, 5.41) is 4.52. The molecule has 3 heterocycles. The molecule has 3 aromatic heterocycles. The van der Waals surface area contributed by atoms with E-state index in [4.69, 9.17) is 4.74 Å². The zero-order valence-corrected chi connectivity index (χ0v) is 20.6. The lowest BCUT2D eigenvalue weighted by molar-refractivity contribution is 0.430. The van der Waals surface area contributed by atoms with Crippen LogP contribution in [-0.4, -0.2) is 38.5 Å². The summed E-state index contributed by atoms with van der Waals surface area (Å²) < 4.78 is 34.6. The molecule has 10 heteroatoms. The highest BCUT2D eigenvalue weighted by molar-refractivity contribution is 7.90. The van der Waals surface area contributed by atoms with Gasteiger partial charge in [-0.2, -0.15) is 15.1 Å². The molecule has 0 aliphatic heterocycles. The first kappa shape index (κ1) is 24.6. The van der Waals surface area contributed by atoms with E-state index in [2.05, 4.69) is 15.1 Å². The number of sulfone groups is 1. The van der Waals surface area contributed by atoms with Crippen molar-refractivity contribution < 1.29 is 13.2 Å². The average molecular weight is 474 g/mol. The second-order valence-electron chi connectivity index (χ2n) is 7.99. The number of aryl methyl sites for hydroxylation is 3. The molecule has 9 nitrogen and oxygen atoms in total. The molecule has 0 aliphatic rings. The minimum Gasteiger partial charge on any atom is -0.420 e. The first-order valence-electron chi connectivity index (χ1n) is 11.1. The van der Waals surface area contributed by atoms with E-state index >= 15 is 0 Å². The fourth-order valence-corrected chi connectivity index (χ4v) is 5.05. The minimum atomic E-state index is -3.34.